The Hall–Kier alpha value is -1.54. The van der Waals surface area contributed by atoms with E-state index in [2.05, 4.69) is 4.98 Å². The van der Waals surface area contributed by atoms with Gasteiger partial charge in [-0.2, -0.15) is 4.31 Å². The lowest BCUT2D eigenvalue weighted by Crippen LogP contribution is -2.38. The molecular formula is C10H14FN3O3S. The Morgan fingerprint density at radius 1 is 1.39 bits per heavy atom. The Kier molecular flexibility index (Phi) is 4.36. The Balaban J connectivity index is 3.01. The maximum atomic E-state index is 13.4. The van der Waals surface area contributed by atoms with Crippen LogP contribution < -0.4 is 0 Å². The molecule has 8 heteroatoms. The number of sulfonamides is 1. The highest BCUT2D eigenvalue weighted by molar-refractivity contribution is 7.89. The van der Waals surface area contributed by atoms with Gasteiger partial charge in [-0.15, -0.1) is 0 Å². The van der Waals surface area contributed by atoms with Gasteiger partial charge in [0.1, 0.15) is 0 Å². The van der Waals surface area contributed by atoms with Crippen LogP contribution in [0.4, 0.5) is 4.39 Å². The summed E-state index contributed by atoms with van der Waals surface area (Å²) in [5, 5.41) is -0.681. The lowest BCUT2D eigenvalue weighted by atomic mass is 10.5. The Bertz CT molecular complexity index is 545. The first kappa shape index (κ1) is 14.5. The Morgan fingerprint density at radius 3 is 2.50 bits per heavy atom. The number of aromatic nitrogens is 1. The first-order valence-corrected chi connectivity index (χ1v) is 6.48. The second-order valence-electron chi connectivity index (χ2n) is 3.84. The lowest BCUT2D eigenvalue weighted by molar-refractivity contribution is -0.128. The van der Waals surface area contributed by atoms with Gasteiger partial charge in [0, 0.05) is 27.3 Å². The lowest BCUT2D eigenvalue weighted by Gasteiger charge is -2.18. The zero-order valence-corrected chi connectivity index (χ0v) is 11.1. The molecule has 0 aromatic carbocycles. The maximum absolute atomic E-state index is 13.4. The van der Waals surface area contributed by atoms with Crippen molar-refractivity contribution in [3.05, 3.63) is 24.1 Å². The zero-order valence-electron chi connectivity index (χ0n) is 10.3. The van der Waals surface area contributed by atoms with Crippen molar-refractivity contribution >= 4 is 15.9 Å². The third-order valence-electron chi connectivity index (χ3n) is 2.24. The fraction of sp³-hybridized carbons (Fsp3) is 0.400. The molecule has 1 aromatic rings. The van der Waals surface area contributed by atoms with Crippen LogP contribution in [0.25, 0.3) is 0 Å². The first-order valence-electron chi connectivity index (χ1n) is 5.04. The molecule has 6 nitrogen and oxygen atoms in total. The van der Waals surface area contributed by atoms with Crippen LogP contribution >= 0.6 is 0 Å². The average molecular weight is 275 g/mol. The van der Waals surface area contributed by atoms with E-state index in [0.29, 0.717) is 0 Å². The summed E-state index contributed by atoms with van der Waals surface area (Å²) in [5.41, 5.74) is 0. The van der Waals surface area contributed by atoms with Crippen molar-refractivity contribution in [3.63, 3.8) is 0 Å². The van der Waals surface area contributed by atoms with Crippen molar-refractivity contribution < 1.29 is 17.6 Å². The third kappa shape index (κ3) is 3.02. The van der Waals surface area contributed by atoms with E-state index in [1.807, 2.05) is 0 Å². The summed E-state index contributed by atoms with van der Waals surface area (Å²) in [7, 11) is 0.109. The van der Waals surface area contributed by atoms with E-state index in [1.54, 1.807) is 0 Å². The van der Waals surface area contributed by atoms with Crippen LogP contribution in [0, 0.1) is 5.82 Å². The fourth-order valence-corrected chi connectivity index (χ4v) is 2.21. The smallest absolute Gasteiger partial charge is 0.263 e. The SMILES string of the molecule is CN(C)C(=O)CN(C)S(=O)(=O)c1ncccc1F. The van der Waals surface area contributed by atoms with Gasteiger partial charge in [0.2, 0.25) is 10.9 Å². The zero-order chi connectivity index (χ0) is 13.9. The summed E-state index contributed by atoms with van der Waals surface area (Å²) in [4.78, 5) is 16.2. The molecule has 0 fully saturated rings. The number of amides is 1. The van der Waals surface area contributed by atoms with E-state index in [1.165, 1.54) is 38.3 Å². The molecule has 1 aromatic heterocycles. The van der Waals surface area contributed by atoms with Crippen LogP contribution in [0.5, 0.6) is 0 Å². The molecule has 0 atom stereocenters. The molecule has 1 amide bonds. The van der Waals surface area contributed by atoms with E-state index in [0.717, 1.165) is 10.4 Å². The number of hydrogen-bond donors (Lipinski definition) is 0. The van der Waals surface area contributed by atoms with Gasteiger partial charge in [-0.3, -0.25) is 4.79 Å². The Labute approximate surface area is 105 Å². The minimum atomic E-state index is -4.10. The largest absolute Gasteiger partial charge is 0.348 e. The second kappa shape index (κ2) is 5.40. The van der Waals surface area contributed by atoms with E-state index in [4.69, 9.17) is 0 Å². The maximum Gasteiger partial charge on any atom is 0.263 e. The number of halogens is 1. The standard InChI is InChI=1S/C10H14FN3O3S/c1-13(2)9(15)7-14(3)18(16,17)10-8(11)5-4-6-12-10/h4-6H,7H2,1-3H3. The van der Waals surface area contributed by atoms with Crippen molar-refractivity contribution in [2.24, 2.45) is 0 Å². The highest BCUT2D eigenvalue weighted by Gasteiger charge is 2.27. The van der Waals surface area contributed by atoms with Crippen LogP contribution in [-0.4, -0.2) is 56.2 Å². The molecule has 0 saturated heterocycles. The second-order valence-corrected chi connectivity index (χ2v) is 5.80. The number of carbonyl (C=O) groups is 1. The molecule has 0 unspecified atom stereocenters. The number of rotatable bonds is 4. The van der Waals surface area contributed by atoms with Gasteiger partial charge in [0.25, 0.3) is 10.0 Å². The molecule has 0 aliphatic carbocycles. The number of nitrogens with zero attached hydrogens (tertiary/aromatic N) is 3. The highest BCUT2D eigenvalue weighted by atomic mass is 32.2. The third-order valence-corrected chi connectivity index (χ3v) is 3.97. The molecule has 100 valence electrons. The predicted octanol–water partition coefficient (Wildman–Crippen LogP) is -0.0706. The van der Waals surface area contributed by atoms with Gasteiger partial charge in [-0.05, 0) is 12.1 Å². The average Bonchev–Trinajstić information content (AvgIpc) is 2.28. The summed E-state index contributed by atoms with van der Waals surface area (Å²) in [6.45, 7) is -0.370. The van der Waals surface area contributed by atoms with E-state index in [-0.39, 0.29) is 6.54 Å². The summed E-state index contributed by atoms with van der Waals surface area (Å²) < 4.78 is 38.1. The fourth-order valence-electron chi connectivity index (χ4n) is 1.13. The summed E-state index contributed by atoms with van der Waals surface area (Å²) in [5.74, 6) is -1.35. The summed E-state index contributed by atoms with van der Waals surface area (Å²) >= 11 is 0. The number of hydrogen-bond acceptors (Lipinski definition) is 4. The van der Waals surface area contributed by atoms with Crippen LogP contribution in [0.15, 0.2) is 23.4 Å². The summed E-state index contributed by atoms with van der Waals surface area (Å²) in [6.07, 6.45) is 1.18. The summed E-state index contributed by atoms with van der Waals surface area (Å²) in [6, 6.07) is 2.29. The number of likely N-dealkylation sites (N-methyl/N-ethyl adjacent to an activating group) is 2. The van der Waals surface area contributed by atoms with Crippen molar-refractivity contribution in [2.45, 2.75) is 5.03 Å². The molecule has 1 heterocycles. The monoisotopic (exact) mass is 275 g/mol. The van der Waals surface area contributed by atoms with Crippen LogP contribution in [0.2, 0.25) is 0 Å². The van der Waals surface area contributed by atoms with Gasteiger partial charge in [-0.25, -0.2) is 17.8 Å². The molecule has 0 radical (unpaired) electrons. The molecule has 0 aliphatic heterocycles. The van der Waals surface area contributed by atoms with E-state index >= 15 is 0 Å². The van der Waals surface area contributed by atoms with Gasteiger partial charge in [0.15, 0.2) is 5.82 Å². The van der Waals surface area contributed by atoms with Crippen LogP contribution in [0.3, 0.4) is 0 Å². The quantitative estimate of drug-likeness (QED) is 0.771. The van der Waals surface area contributed by atoms with Gasteiger partial charge >= 0.3 is 0 Å². The molecule has 0 saturated carbocycles. The van der Waals surface area contributed by atoms with Crippen LogP contribution in [0.1, 0.15) is 0 Å². The predicted molar refractivity (Wildman–Crippen MR) is 62.7 cm³/mol. The highest BCUT2D eigenvalue weighted by Crippen LogP contribution is 2.14. The number of carbonyl (C=O) groups excluding carboxylic acids is 1. The molecule has 1 rings (SSSR count). The number of pyridine rings is 1. The van der Waals surface area contributed by atoms with Crippen molar-refractivity contribution in [2.75, 3.05) is 27.7 Å². The minimum Gasteiger partial charge on any atom is -0.348 e. The molecule has 0 aliphatic rings. The first-order chi connectivity index (χ1) is 8.26. The molecule has 0 N–H and O–H groups in total. The van der Waals surface area contributed by atoms with Gasteiger partial charge in [-0.1, -0.05) is 0 Å². The Morgan fingerprint density at radius 2 is 2.00 bits per heavy atom. The molecule has 0 spiro atoms. The normalized spacial score (nSPS) is 11.6. The molecule has 18 heavy (non-hydrogen) atoms. The van der Waals surface area contributed by atoms with Crippen molar-refractivity contribution in [3.8, 4) is 0 Å². The van der Waals surface area contributed by atoms with Gasteiger partial charge < -0.3 is 4.90 Å². The van der Waals surface area contributed by atoms with E-state index < -0.39 is 26.8 Å². The van der Waals surface area contributed by atoms with E-state index in [9.17, 15) is 17.6 Å². The van der Waals surface area contributed by atoms with Crippen molar-refractivity contribution in [1.82, 2.24) is 14.2 Å². The molecule has 0 bridgehead atoms. The minimum absolute atomic E-state index is 0.370. The van der Waals surface area contributed by atoms with Gasteiger partial charge in [0.05, 0.1) is 6.54 Å². The topological polar surface area (TPSA) is 70.6 Å². The van der Waals surface area contributed by atoms with Crippen LogP contribution in [-0.2, 0) is 14.8 Å². The molecular weight excluding hydrogens is 261 g/mol. The van der Waals surface area contributed by atoms with Crippen molar-refractivity contribution in [1.29, 1.82) is 0 Å².